The highest BCUT2D eigenvalue weighted by Crippen LogP contribution is 2.34. The number of hydrogen-bond donors (Lipinski definition) is 0. The van der Waals surface area contributed by atoms with Gasteiger partial charge >= 0.3 is 26.4 Å². The van der Waals surface area contributed by atoms with Crippen LogP contribution in [0.15, 0.2) is 0 Å². The Morgan fingerprint density at radius 1 is 0.652 bits per heavy atom. The van der Waals surface area contributed by atoms with Crippen molar-refractivity contribution < 1.29 is 16.5 Å². The normalized spacial score (nSPS) is 18.4. The predicted molar refractivity (Wildman–Crippen MR) is 111 cm³/mol. The van der Waals surface area contributed by atoms with Crippen LogP contribution in [0.5, 0.6) is 0 Å². The topological polar surface area (TPSA) is 36.9 Å². The van der Waals surface area contributed by atoms with Crippen LogP contribution in [0, 0.1) is 0 Å². The van der Waals surface area contributed by atoms with Crippen LogP contribution in [-0.2, 0) is 16.5 Å². The van der Waals surface area contributed by atoms with E-state index in [1.807, 2.05) is 0 Å². The number of rotatable bonds is 9. The smallest absolute Gasteiger partial charge is 0.312 e. The summed E-state index contributed by atoms with van der Waals surface area (Å²) in [4.78, 5) is 0. The molecule has 0 atom stereocenters. The molecule has 0 aromatic rings. The zero-order chi connectivity index (χ0) is 17.7. The Morgan fingerprint density at radius 2 is 1.04 bits per heavy atom. The fourth-order valence-electron chi connectivity index (χ4n) is 3.37. The summed E-state index contributed by atoms with van der Waals surface area (Å²) < 4.78 is 25.8. The molecule has 0 N–H and O–H groups in total. The van der Waals surface area contributed by atoms with Gasteiger partial charge in [-0.3, -0.25) is 0 Å². The molecule has 138 valence electrons. The Labute approximate surface area is 151 Å². The van der Waals surface area contributed by atoms with Gasteiger partial charge in [-0.05, 0) is 70.8 Å². The molecule has 1 aliphatic rings. The molecule has 1 rings (SSSR count). The van der Waals surface area contributed by atoms with Gasteiger partial charge in [0.2, 0.25) is 0 Å². The van der Waals surface area contributed by atoms with Crippen molar-refractivity contribution >= 4 is 44.5 Å². The molecule has 0 bridgehead atoms. The van der Waals surface area contributed by atoms with E-state index in [1.165, 1.54) is 32.1 Å². The molecule has 0 aliphatic heterocycles. The van der Waals surface area contributed by atoms with Crippen LogP contribution >= 0.6 is 0 Å². The Hall–Kier alpha value is 0.924. The minimum absolute atomic E-state index is 0.636. The summed E-state index contributed by atoms with van der Waals surface area (Å²) in [5.41, 5.74) is 0.636. The fourth-order valence-corrected chi connectivity index (χ4v) is 21.6. The van der Waals surface area contributed by atoms with Gasteiger partial charge in [0.05, 0.1) is 0 Å². The first-order chi connectivity index (χ1) is 10.5. The molecule has 1 saturated carbocycles. The average Bonchev–Trinajstić information content (AvgIpc) is 2.35. The van der Waals surface area contributed by atoms with Gasteiger partial charge in [-0.2, -0.15) is 0 Å². The fraction of sp³-hybridized carbons (Fsp3) is 1.00. The molecule has 0 aromatic carbocycles. The van der Waals surface area contributed by atoms with E-state index in [9.17, 15) is 0 Å². The lowest BCUT2D eigenvalue weighted by Crippen LogP contribution is -2.52. The Kier molecular flexibility index (Phi) is 9.14. The van der Waals surface area contributed by atoms with Crippen LogP contribution in [0.2, 0.25) is 57.9 Å². The maximum Gasteiger partial charge on any atom is 0.312 e. The Balaban J connectivity index is 2.80. The van der Waals surface area contributed by atoms with Crippen molar-refractivity contribution in [3.05, 3.63) is 0 Å². The van der Waals surface area contributed by atoms with Crippen molar-refractivity contribution in [1.82, 2.24) is 0 Å². The SMILES string of the molecule is C[SiH](C)O[Si](C)(C)O[SiH](O[Si](C)(C)O[SiH](C)C)C1CCCCC1. The van der Waals surface area contributed by atoms with E-state index in [0.717, 1.165) is 0 Å². The van der Waals surface area contributed by atoms with Crippen LogP contribution in [0.1, 0.15) is 32.1 Å². The molecule has 1 aliphatic carbocycles. The van der Waals surface area contributed by atoms with E-state index >= 15 is 0 Å². The molecular weight excluding hydrogens is 373 g/mol. The molecule has 0 spiro atoms. The van der Waals surface area contributed by atoms with Crippen LogP contribution < -0.4 is 0 Å². The molecule has 0 aromatic heterocycles. The van der Waals surface area contributed by atoms with Crippen LogP contribution in [-0.4, -0.2) is 44.5 Å². The van der Waals surface area contributed by atoms with Gasteiger partial charge in [-0.25, -0.2) is 0 Å². The molecule has 9 heteroatoms. The monoisotopic (exact) mass is 410 g/mol. The third kappa shape index (κ3) is 9.26. The average molecular weight is 411 g/mol. The van der Waals surface area contributed by atoms with Crippen LogP contribution in [0.25, 0.3) is 0 Å². The van der Waals surface area contributed by atoms with Gasteiger partial charge < -0.3 is 16.5 Å². The number of hydrogen-bond acceptors (Lipinski definition) is 4. The van der Waals surface area contributed by atoms with Crippen molar-refractivity contribution in [1.29, 1.82) is 0 Å². The van der Waals surface area contributed by atoms with Crippen molar-refractivity contribution in [3.8, 4) is 0 Å². The summed E-state index contributed by atoms with van der Waals surface area (Å²) in [6, 6.07) is 0. The second-order valence-corrected chi connectivity index (χ2v) is 23.4. The molecule has 23 heavy (non-hydrogen) atoms. The molecule has 0 amide bonds. The Morgan fingerprint density at radius 3 is 1.39 bits per heavy atom. The van der Waals surface area contributed by atoms with Crippen LogP contribution in [0.3, 0.4) is 0 Å². The van der Waals surface area contributed by atoms with E-state index in [4.69, 9.17) is 16.5 Å². The summed E-state index contributed by atoms with van der Waals surface area (Å²) in [6.45, 7) is 17.7. The zero-order valence-electron chi connectivity index (χ0n) is 16.5. The van der Waals surface area contributed by atoms with E-state index in [-0.39, 0.29) is 0 Å². The molecule has 1 fully saturated rings. The third-order valence-electron chi connectivity index (χ3n) is 3.87. The summed E-state index contributed by atoms with van der Waals surface area (Å²) in [7, 11) is -8.08. The molecule has 0 saturated heterocycles. The standard InChI is InChI=1S/C14H38O4Si5/c1-19(2)15-22(5,6)17-21(14-12-10-9-11-13-14)18-23(7,8)16-20(3)4/h14,19-21H,9-13H2,1-8H3. The third-order valence-corrected chi connectivity index (χ3v) is 20.0. The lowest BCUT2D eigenvalue weighted by atomic mass is 10.0. The van der Waals surface area contributed by atoms with Gasteiger partial charge in [-0.1, -0.05) is 19.3 Å². The first-order valence-corrected chi connectivity index (χ1v) is 22.0. The highest BCUT2D eigenvalue weighted by atomic mass is 28.5. The highest BCUT2D eigenvalue weighted by Gasteiger charge is 2.40. The van der Waals surface area contributed by atoms with Gasteiger partial charge in [0.25, 0.3) is 0 Å². The zero-order valence-corrected chi connectivity index (χ0v) is 21.9. The van der Waals surface area contributed by atoms with Crippen LogP contribution in [0.4, 0.5) is 0 Å². The summed E-state index contributed by atoms with van der Waals surface area (Å²) >= 11 is 0. The molecule has 4 nitrogen and oxygen atoms in total. The second-order valence-electron chi connectivity index (χ2n) is 8.14. The van der Waals surface area contributed by atoms with Gasteiger partial charge in [0, 0.05) is 0 Å². The predicted octanol–water partition coefficient (Wildman–Crippen LogP) is 3.98. The van der Waals surface area contributed by atoms with E-state index in [1.54, 1.807) is 0 Å². The van der Waals surface area contributed by atoms with Crippen molar-refractivity contribution in [3.63, 3.8) is 0 Å². The maximum atomic E-state index is 6.64. The summed E-state index contributed by atoms with van der Waals surface area (Å²) in [5, 5.41) is 0. The molecule has 0 unspecified atom stereocenters. The van der Waals surface area contributed by atoms with E-state index < -0.39 is 44.5 Å². The molecule has 0 heterocycles. The minimum atomic E-state index is -2.08. The largest absolute Gasteiger partial charge is 0.440 e. The Bertz CT molecular complexity index is 322. The van der Waals surface area contributed by atoms with Crippen molar-refractivity contribution in [2.24, 2.45) is 0 Å². The first kappa shape index (κ1) is 22.0. The highest BCUT2D eigenvalue weighted by molar-refractivity contribution is 6.82. The second kappa shape index (κ2) is 9.57. The lowest BCUT2D eigenvalue weighted by molar-refractivity contribution is 0.295. The lowest BCUT2D eigenvalue weighted by Gasteiger charge is -2.39. The van der Waals surface area contributed by atoms with E-state index in [2.05, 4.69) is 52.4 Å². The van der Waals surface area contributed by atoms with Gasteiger partial charge in [0.1, 0.15) is 0 Å². The molecular formula is C14H38O4Si5. The van der Waals surface area contributed by atoms with Crippen molar-refractivity contribution in [2.45, 2.75) is 90.0 Å². The molecule has 0 radical (unpaired) electrons. The summed E-state index contributed by atoms with van der Waals surface area (Å²) in [5.74, 6) is 0. The van der Waals surface area contributed by atoms with Crippen molar-refractivity contribution in [2.75, 3.05) is 0 Å². The summed E-state index contributed by atoms with van der Waals surface area (Å²) in [6.07, 6.45) is 6.55. The van der Waals surface area contributed by atoms with Gasteiger partial charge in [0.15, 0.2) is 18.1 Å². The minimum Gasteiger partial charge on any atom is -0.440 e. The maximum absolute atomic E-state index is 6.64. The van der Waals surface area contributed by atoms with Gasteiger partial charge in [-0.15, -0.1) is 0 Å². The first-order valence-electron chi connectivity index (χ1n) is 9.22. The quantitative estimate of drug-likeness (QED) is 0.539. The van der Waals surface area contributed by atoms with E-state index in [0.29, 0.717) is 5.54 Å².